The number of thioether (sulfide) groups is 1. The lowest BCUT2D eigenvalue weighted by Gasteiger charge is -2.19. The summed E-state index contributed by atoms with van der Waals surface area (Å²) in [7, 11) is 1.60. The third-order valence-electron chi connectivity index (χ3n) is 4.93. The van der Waals surface area contributed by atoms with E-state index in [1.54, 1.807) is 49.6 Å². The molecule has 0 aromatic heterocycles. The van der Waals surface area contributed by atoms with Crippen LogP contribution < -0.4 is 10.1 Å². The SMILES string of the molecule is COc1ccc(SC(C)C(=O)Nc2ccc3c(c2)C(=O)c2ccccc2C3=O)cc1. The fraction of sp³-hybridized carbons (Fsp3) is 0.125. The van der Waals surface area contributed by atoms with Crippen LogP contribution in [0.4, 0.5) is 5.69 Å². The predicted molar refractivity (Wildman–Crippen MR) is 117 cm³/mol. The van der Waals surface area contributed by atoms with E-state index in [1.165, 1.54) is 11.8 Å². The quantitative estimate of drug-likeness (QED) is 0.481. The molecule has 6 heteroatoms. The highest BCUT2D eigenvalue weighted by Gasteiger charge is 2.29. The number of anilines is 1. The average molecular weight is 417 g/mol. The maximum Gasteiger partial charge on any atom is 0.237 e. The first-order chi connectivity index (χ1) is 14.5. The highest BCUT2D eigenvalue weighted by Crippen LogP contribution is 2.30. The maximum atomic E-state index is 12.8. The molecular formula is C24H19NO4S. The fourth-order valence-electron chi connectivity index (χ4n) is 3.33. The predicted octanol–water partition coefficient (Wildman–Crippen LogP) is 4.59. The molecule has 1 amide bonds. The number of hydrogen-bond acceptors (Lipinski definition) is 5. The van der Waals surface area contributed by atoms with E-state index in [2.05, 4.69) is 5.32 Å². The first-order valence-corrected chi connectivity index (χ1v) is 10.3. The van der Waals surface area contributed by atoms with E-state index in [4.69, 9.17) is 4.74 Å². The molecule has 1 aliphatic rings. The molecule has 4 rings (SSSR count). The topological polar surface area (TPSA) is 72.5 Å². The summed E-state index contributed by atoms with van der Waals surface area (Å²) < 4.78 is 5.14. The Balaban J connectivity index is 1.50. The molecule has 150 valence electrons. The Labute approximate surface area is 178 Å². The van der Waals surface area contributed by atoms with Crippen LogP contribution in [0.5, 0.6) is 5.75 Å². The fourth-order valence-corrected chi connectivity index (χ4v) is 4.20. The number of carbonyl (C=O) groups is 3. The molecule has 3 aromatic carbocycles. The summed E-state index contributed by atoms with van der Waals surface area (Å²) in [6, 6.07) is 19.1. The van der Waals surface area contributed by atoms with Gasteiger partial charge < -0.3 is 10.1 Å². The van der Waals surface area contributed by atoms with Gasteiger partial charge in [-0.2, -0.15) is 0 Å². The second-order valence-electron chi connectivity index (χ2n) is 6.89. The van der Waals surface area contributed by atoms with Gasteiger partial charge in [-0.1, -0.05) is 24.3 Å². The van der Waals surface area contributed by atoms with Gasteiger partial charge in [-0.25, -0.2) is 0 Å². The van der Waals surface area contributed by atoms with Crippen molar-refractivity contribution in [1.82, 2.24) is 0 Å². The van der Waals surface area contributed by atoms with Gasteiger partial charge in [-0.3, -0.25) is 14.4 Å². The van der Waals surface area contributed by atoms with Crippen molar-refractivity contribution in [2.45, 2.75) is 17.1 Å². The second-order valence-corrected chi connectivity index (χ2v) is 8.30. The molecule has 0 aliphatic heterocycles. The van der Waals surface area contributed by atoms with Crippen molar-refractivity contribution in [3.05, 3.63) is 89.0 Å². The monoisotopic (exact) mass is 417 g/mol. The molecule has 0 saturated carbocycles. The van der Waals surface area contributed by atoms with E-state index in [1.807, 2.05) is 31.2 Å². The Hall–Kier alpha value is -3.38. The normalized spacial score (nSPS) is 13.3. The van der Waals surface area contributed by atoms with Crippen LogP contribution in [0.2, 0.25) is 0 Å². The number of benzene rings is 3. The van der Waals surface area contributed by atoms with Crippen LogP contribution in [0.1, 0.15) is 38.8 Å². The largest absolute Gasteiger partial charge is 0.497 e. The zero-order valence-electron chi connectivity index (χ0n) is 16.5. The van der Waals surface area contributed by atoms with E-state index in [-0.39, 0.29) is 22.7 Å². The standard InChI is InChI=1S/C24H19NO4S/c1-14(30-17-10-8-16(29-2)9-11-17)24(28)25-15-7-12-20-21(13-15)23(27)19-6-4-3-5-18(19)22(20)26/h3-14H,1-2H3,(H,25,28). The minimum Gasteiger partial charge on any atom is -0.497 e. The summed E-state index contributed by atoms with van der Waals surface area (Å²) in [6.07, 6.45) is 0. The zero-order chi connectivity index (χ0) is 21.3. The maximum absolute atomic E-state index is 12.8. The lowest BCUT2D eigenvalue weighted by molar-refractivity contribution is -0.115. The van der Waals surface area contributed by atoms with Crippen molar-refractivity contribution in [3.63, 3.8) is 0 Å². The molecule has 0 radical (unpaired) electrons. The molecule has 0 fully saturated rings. The Morgan fingerprint density at radius 2 is 1.47 bits per heavy atom. The lowest BCUT2D eigenvalue weighted by atomic mass is 9.84. The van der Waals surface area contributed by atoms with Crippen molar-refractivity contribution in [1.29, 1.82) is 0 Å². The van der Waals surface area contributed by atoms with Gasteiger partial charge in [0.1, 0.15) is 5.75 Å². The summed E-state index contributed by atoms with van der Waals surface area (Å²) in [5, 5.41) is 2.49. The molecule has 0 saturated heterocycles. The van der Waals surface area contributed by atoms with Gasteiger partial charge in [-0.05, 0) is 49.4 Å². The molecule has 3 aromatic rings. The highest BCUT2D eigenvalue weighted by molar-refractivity contribution is 8.00. The molecule has 1 N–H and O–H groups in total. The number of ketones is 2. The first-order valence-electron chi connectivity index (χ1n) is 9.42. The van der Waals surface area contributed by atoms with Gasteiger partial charge >= 0.3 is 0 Å². The van der Waals surface area contributed by atoms with Crippen LogP contribution in [-0.2, 0) is 4.79 Å². The van der Waals surface area contributed by atoms with Crippen molar-refractivity contribution >= 4 is 34.9 Å². The number of amides is 1. The van der Waals surface area contributed by atoms with Crippen molar-refractivity contribution < 1.29 is 19.1 Å². The third-order valence-corrected chi connectivity index (χ3v) is 6.05. The van der Waals surface area contributed by atoms with Gasteiger partial charge in [0.05, 0.1) is 12.4 Å². The zero-order valence-corrected chi connectivity index (χ0v) is 17.3. The van der Waals surface area contributed by atoms with Crippen LogP contribution in [0.15, 0.2) is 71.6 Å². The van der Waals surface area contributed by atoms with Crippen LogP contribution >= 0.6 is 11.8 Å². The van der Waals surface area contributed by atoms with Crippen LogP contribution in [0.25, 0.3) is 0 Å². The van der Waals surface area contributed by atoms with Gasteiger partial charge in [0.2, 0.25) is 5.91 Å². The molecule has 0 bridgehead atoms. The molecular weight excluding hydrogens is 398 g/mol. The molecule has 1 unspecified atom stereocenters. The second kappa shape index (κ2) is 8.16. The lowest BCUT2D eigenvalue weighted by Crippen LogP contribution is -2.24. The highest BCUT2D eigenvalue weighted by atomic mass is 32.2. The summed E-state index contributed by atoms with van der Waals surface area (Å²) in [5.74, 6) is 0.176. The molecule has 0 heterocycles. The van der Waals surface area contributed by atoms with Crippen molar-refractivity contribution in [3.8, 4) is 5.75 Å². The molecule has 5 nitrogen and oxygen atoms in total. The molecule has 0 spiro atoms. The van der Waals surface area contributed by atoms with Gasteiger partial charge in [0, 0.05) is 32.8 Å². The Morgan fingerprint density at radius 3 is 2.10 bits per heavy atom. The number of nitrogens with one attached hydrogen (secondary N) is 1. The van der Waals surface area contributed by atoms with E-state index in [0.29, 0.717) is 27.9 Å². The molecule has 30 heavy (non-hydrogen) atoms. The number of carbonyl (C=O) groups excluding carboxylic acids is 3. The number of rotatable bonds is 5. The van der Waals surface area contributed by atoms with Gasteiger partial charge in [0.25, 0.3) is 0 Å². The molecule has 1 atom stereocenters. The molecule has 1 aliphatic carbocycles. The van der Waals surface area contributed by atoms with Crippen LogP contribution in [-0.4, -0.2) is 29.8 Å². The minimum atomic E-state index is -0.354. The Morgan fingerprint density at radius 1 is 0.867 bits per heavy atom. The Bertz CT molecular complexity index is 1150. The van der Waals surface area contributed by atoms with E-state index >= 15 is 0 Å². The average Bonchev–Trinajstić information content (AvgIpc) is 2.78. The van der Waals surface area contributed by atoms with E-state index < -0.39 is 0 Å². The smallest absolute Gasteiger partial charge is 0.237 e. The summed E-state index contributed by atoms with van der Waals surface area (Å²) in [6.45, 7) is 1.81. The number of hydrogen-bond donors (Lipinski definition) is 1. The van der Waals surface area contributed by atoms with Crippen molar-refractivity contribution in [2.24, 2.45) is 0 Å². The van der Waals surface area contributed by atoms with Gasteiger partial charge in [0.15, 0.2) is 11.6 Å². The van der Waals surface area contributed by atoms with Crippen LogP contribution in [0.3, 0.4) is 0 Å². The number of ether oxygens (including phenoxy) is 1. The van der Waals surface area contributed by atoms with E-state index in [0.717, 1.165) is 10.6 Å². The van der Waals surface area contributed by atoms with Crippen molar-refractivity contribution in [2.75, 3.05) is 12.4 Å². The van der Waals surface area contributed by atoms with E-state index in [9.17, 15) is 14.4 Å². The third kappa shape index (κ3) is 3.74. The summed E-state index contributed by atoms with van der Waals surface area (Å²) in [4.78, 5) is 39.1. The van der Waals surface area contributed by atoms with Crippen LogP contribution in [0, 0.1) is 0 Å². The first kappa shape index (κ1) is 19.9. The Kier molecular flexibility index (Phi) is 5.42. The number of fused-ring (bicyclic) bond motifs is 2. The number of methoxy groups -OCH3 is 1. The minimum absolute atomic E-state index is 0.179. The summed E-state index contributed by atoms with van der Waals surface area (Å²) >= 11 is 1.42. The van der Waals surface area contributed by atoms with Gasteiger partial charge in [-0.15, -0.1) is 11.8 Å². The summed E-state index contributed by atoms with van der Waals surface area (Å²) in [5.41, 5.74) is 1.96.